The molecule has 0 atom stereocenters. The van der Waals surface area contributed by atoms with Gasteiger partial charge in [-0.05, 0) is 36.6 Å². The highest BCUT2D eigenvalue weighted by molar-refractivity contribution is 7.22. The van der Waals surface area contributed by atoms with Crippen LogP contribution in [0.15, 0.2) is 70.5 Å². The van der Waals surface area contributed by atoms with Crippen LogP contribution in [0, 0.1) is 6.92 Å². The van der Waals surface area contributed by atoms with Gasteiger partial charge in [0.15, 0.2) is 0 Å². The number of nitrogens with zero attached hydrogens (tertiary/aromatic N) is 3. The predicted molar refractivity (Wildman–Crippen MR) is 121 cm³/mol. The smallest absolute Gasteiger partial charge is 0.280 e. The molecule has 0 amide bonds. The lowest BCUT2D eigenvalue weighted by atomic mass is 10.1. The first kappa shape index (κ1) is 17.8. The van der Waals surface area contributed by atoms with Gasteiger partial charge < -0.3 is 0 Å². The van der Waals surface area contributed by atoms with E-state index in [-0.39, 0.29) is 5.56 Å². The van der Waals surface area contributed by atoms with E-state index in [9.17, 15) is 4.79 Å². The molecule has 0 aliphatic rings. The van der Waals surface area contributed by atoms with Crippen LogP contribution in [0.5, 0.6) is 0 Å². The lowest BCUT2D eigenvalue weighted by Gasteiger charge is -2.06. The number of hydrogen-bond donors (Lipinski definition) is 1. The molecule has 0 aliphatic carbocycles. The molecular weight excluding hydrogens is 404 g/mol. The number of nitrogens with one attached hydrogen (secondary N) is 1. The molecule has 0 bridgehead atoms. The number of halogens is 1. The van der Waals surface area contributed by atoms with Crippen molar-refractivity contribution in [3.63, 3.8) is 0 Å². The monoisotopic (exact) mass is 418 g/mol. The number of benzene rings is 3. The molecular formula is C22H15ClN4OS. The highest BCUT2D eigenvalue weighted by atomic mass is 35.5. The topological polar surface area (TPSA) is 63.0 Å². The normalized spacial score (nSPS) is 11.8. The second-order valence-corrected chi connectivity index (χ2v) is 8.10. The van der Waals surface area contributed by atoms with Crippen LogP contribution in [-0.4, -0.2) is 21.0 Å². The summed E-state index contributed by atoms with van der Waals surface area (Å²) in [5, 5.41) is 6.50. The van der Waals surface area contributed by atoms with E-state index in [0.717, 1.165) is 32.4 Å². The quantitative estimate of drug-likeness (QED) is 0.385. The molecule has 3 aromatic carbocycles. The summed E-state index contributed by atoms with van der Waals surface area (Å²) >= 11 is 7.47. The third-order valence-corrected chi connectivity index (χ3v) is 5.93. The third kappa shape index (κ3) is 3.16. The zero-order valence-corrected chi connectivity index (χ0v) is 17.0. The lowest BCUT2D eigenvalue weighted by molar-refractivity contribution is 0.841. The Morgan fingerprint density at radius 3 is 2.86 bits per heavy atom. The molecule has 5 aromatic rings. The summed E-state index contributed by atoms with van der Waals surface area (Å²) in [7, 11) is 0. The third-order valence-electron chi connectivity index (χ3n) is 4.77. The van der Waals surface area contributed by atoms with Gasteiger partial charge in [0.25, 0.3) is 5.56 Å². The second-order valence-electron chi connectivity index (χ2n) is 6.66. The molecule has 2 aromatic heterocycles. The SMILES string of the molecule is Cc1[nH]n(-c2cccc3ccccc23)c(=O)c1/C=N/c1nc2ccc(Cl)cc2s1. The number of hydrogen-bond acceptors (Lipinski definition) is 4. The maximum Gasteiger partial charge on any atom is 0.280 e. The van der Waals surface area contributed by atoms with Crippen molar-refractivity contribution >= 4 is 55.3 Å². The Balaban J connectivity index is 1.57. The van der Waals surface area contributed by atoms with Crippen molar-refractivity contribution in [2.45, 2.75) is 6.92 Å². The van der Waals surface area contributed by atoms with E-state index < -0.39 is 0 Å². The van der Waals surface area contributed by atoms with Gasteiger partial charge in [-0.25, -0.2) is 14.7 Å². The Morgan fingerprint density at radius 2 is 1.97 bits per heavy atom. The van der Waals surface area contributed by atoms with Crippen LogP contribution < -0.4 is 5.56 Å². The van der Waals surface area contributed by atoms with E-state index >= 15 is 0 Å². The number of fused-ring (bicyclic) bond motifs is 2. The number of aromatic nitrogens is 3. The summed E-state index contributed by atoms with van der Waals surface area (Å²) in [6, 6.07) is 19.4. The van der Waals surface area contributed by atoms with Gasteiger partial charge in [-0.15, -0.1) is 0 Å². The van der Waals surface area contributed by atoms with Gasteiger partial charge in [0, 0.05) is 22.3 Å². The number of rotatable bonds is 3. The number of H-pyrrole nitrogens is 1. The van der Waals surface area contributed by atoms with Crippen molar-refractivity contribution < 1.29 is 0 Å². The fourth-order valence-corrected chi connectivity index (χ4v) is 4.43. The summed E-state index contributed by atoms with van der Waals surface area (Å²) in [5.41, 5.74) is 2.76. The molecule has 2 heterocycles. The van der Waals surface area contributed by atoms with Crippen molar-refractivity contribution in [2.24, 2.45) is 4.99 Å². The predicted octanol–water partition coefficient (Wildman–Crippen LogP) is 5.64. The molecule has 7 heteroatoms. The Labute approximate surface area is 174 Å². The van der Waals surface area contributed by atoms with Gasteiger partial charge >= 0.3 is 0 Å². The minimum atomic E-state index is -0.147. The number of thiazole rings is 1. The molecule has 1 N–H and O–H groups in total. The van der Waals surface area contributed by atoms with Crippen molar-refractivity contribution in [1.82, 2.24) is 14.8 Å². The Morgan fingerprint density at radius 1 is 1.14 bits per heavy atom. The van der Waals surface area contributed by atoms with E-state index in [1.54, 1.807) is 17.0 Å². The molecule has 0 radical (unpaired) electrons. The Bertz CT molecular complexity index is 1460. The summed E-state index contributed by atoms with van der Waals surface area (Å²) in [4.78, 5) is 22.0. The number of aryl methyl sites for hydroxylation is 1. The van der Waals surface area contributed by atoms with E-state index in [0.29, 0.717) is 15.7 Å². The fraction of sp³-hybridized carbons (Fsp3) is 0.0455. The van der Waals surface area contributed by atoms with Crippen LogP contribution in [0.4, 0.5) is 5.13 Å². The zero-order chi connectivity index (χ0) is 20.0. The minimum Gasteiger partial charge on any atom is -0.295 e. The van der Waals surface area contributed by atoms with Crippen LogP contribution in [0.2, 0.25) is 5.02 Å². The van der Waals surface area contributed by atoms with E-state index in [4.69, 9.17) is 11.6 Å². The van der Waals surface area contributed by atoms with Crippen LogP contribution in [0.1, 0.15) is 11.3 Å². The summed E-state index contributed by atoms with van der Waals surface area (Å²) < 4.78 is 2.53. The molecule has 142 valence electrons. The summed E-state index contributed by atoms with van der Waals surface area (Å²) in [5.74, 6) is 0. The summed E-state index contributed by atoms with van der Waals surface area (Å²) in [6.45, 7) is 1.86. The molecule has 5 rings (SSSR count). The first-order valence-corrected chi connectivity index (χ1v) is 10.2. The summed E-state index contributed by atoms with van der Waals surface area (Å²) in [6.07, 6.45) is 1.58. The van der Waals surface area contributed by atoms with E-state index in [1.165, 1.54) is 11.3 Å². The largest absolute Gasteiger partial charge is 0.295 e. The van der Waals surface area contributed by atoms with Crippen molar-refractivity contribution in [1.29, 1.82) is 0 Å². The molecule has 0 aliphatic heterocycles. The van der Waals surface area contributed by atoms with Crippen LogP contribution in [-0.2, 0) is 0 Å². The average Bonchev–Trinajstić information content (AvgIpc) is 3.25. The molecule has 0 unspecified atom stereocenters. The Kier molecular flexibility index (Phi) is 4.30. The van der Waals surface area contributed by atoms with Gasteiger partial charge in [0.1, 0.15) is 0 Å². The standard InChI is InChI=1S/C22H15ClN4OS/c1-13-17(12-24-22-25-18-10-9-15(23)11-20(18)29-22)21(28)27(26-13)19-8-4-6-14-5-2-3-7-16(14)19/h2-12,26H,1H3/b24-12+. The maximum atomic E-state index is 13.1. The van der Waals surface area contributed by atoms with Crippen LogP contribution in [0.3, 0.4) is 0 Å². The Hall–Kier alpha value is -3.22. The minimum absolute atomic E-state index is 0.147. The molecule has 29 heavy (non-hydrogen) atoms. The van der Waals surface area contributed by atoms with Gasteiger partial charge in [-0.3, -0.25) is 9.89 Å². The highest BCUT2D eigenvalue weighted by Gasteiger charge is 2.13. The highest BCUT2D eigenvalue weighted by Crippen LogP contribution is 2.30. The van der Waals surface area contributed by atoms with Crippen LogP contribution in [0.25, 0.3) is 26.7 Å². The zero-order valence-electron chi connectivity index (χ0n) is 15.4. The number of aliphatic imine (C=N–C) groups is 1. The van der Waals surface area contributed by atoms with E-state index in [1.807, 2.05) is 61.5 Å². The first-order chi connectivity index (χ1) is 14.1. The van der Waals surface area contributed by atoms with E-state index in [2.05, 4.69) is 15.1 Å². The second kappa shape index (κ2) is 6.99. The molecule has 5 nitrogen and oxygen atoms in total. The average molecular weight is 419 g/mol. The van der Waals surface area contributed by atoms with Gasteiger partial charge in [-0.2, -0.15) is 0 Å². The van der Waals surface area contributed by atoms with Gasteiger partial charge in [0.05, 0.1) is 21.5 Å². The van der Waals surface area contributed by atoms with Crippen LogP contribution >= 0.6 is 22.9 Å². The molecule has 0 saturated carbocycles. The lowest BCUT2D eigenvalue weighted by Crippen LogP contribution is -2.17. The van der Waals surface area contributed by atoms with Crippen molar-refractivity contribution in [2.75, 3.05) is 0 Å². The number of aromatic amines is 1. The fourth-order valence-electron chi connectivity index (χ4n) is 3.35. The van der Waals surface area contributed by atoms with Gasteiger partial charge in [-0.1, -0.05) is 59.3 Å². The first-order valence-electron chi connectivity index (χ1n) is 9.00. The molecule has 0 fully saturated rings. The maximum absolute atomic E-state index is 13.1. The molecule has 0 saturated heterocycles. The van der Waals surface area contributed by atoms with Gasteiger partial charge in [0.2, 0.25) is 5.13 Å². The van der Waals surface area contributed by atoms with Crippen molar-refractivity contribution in [3.05, 3.63) is 87.3 Å². The molecule has 0 spiro atoms. The van der Waals surface area contributed by atoms with Crippen molar-refractivity contribution in [3.8, 4) is 5.69 Å².